The van der Waals surface area contributed by atoms with Gasteiger partial charge >= 0.3 is 0 Å². The summed E-state index contributed by atoms with van der Waals surface area (Å²) in [6, 6.07) is 3.66. The van der Waals surface area contributed by atoms with Gasteiger partial charge in [0.15, 0.2) is 22.6 Å². The molecule has 0 aliphatic rings. The first-order valence-electron chi connectivity index (χ1n) is 4.34. The summed E-state index contributed by atoms with van der Waals surface area (Å²) in [4.78, 5) is 3.70. The molecule has 1 aromatic heterocycles. The van der Waals surface area contributed by atoms with E-state index in [2.05, 4.69) is 20.5 Å². The van der Waals surface area contributed by atoms with Gasteiger partial charge in [0.25, 0.3) is 0 Å². The Hall–Kier alpha value is -1.53. The monoisotopic (exact) mass is 276 g/mol. The lowest BCUT2D eigenvalue weighted by Gasteiger charge is -2.07. The quantitative estimate of drug-likeness (QED) is 0.915. The Morgan fingerprint density at radius 1 is 1.12 bits per heavy atom. The number of aromatic nitrogens is 3. The molecule has 0 atom stereocenters. The Labute approximate surface area is 105 Å². The van der Waals surface area contributed by atoms with Crippen LogP contribution >= 0.6 is 23.2 Å². The number of hydrogen-bond donors (Lipinski definition) is 1. The van der Waals surface area contributed by atoms with Gasteiger partial charge < -0.3 is 5.32 Å². The number of rotatable bonds is 2. The smallest absolute Gasteiger partial charge is 0.245 e. The van der Waals surface area contributed by atoms with Gasteiger partial charge in [-0.1, -0.05) is 17.7 Å². The number of anilines is 2. The predicted octanol–water partition coefficient (Wildman–Crippen LogP) is 3.20. The lowest BCUT2D eigenvalue weighted by Crippen LogP contribution is -2.01. The molecule has 1 N–H and O–H groups in total. The van der Waals surface area contributed by atoms with Gasteiger partial charge in [-0.2, -0.15) is 4.98 Å². The maximum absolute atomic E-state index is 13.3. The largest absolute Gasteiger partial charge is 0.335 e. The molecule has 0 radical (unpaired) electrons. The van der Waals surface area contributed by atoms with Crippen LogP contribution in [-0.2, 0) is 0 Å². The number of nitrogens with one attached hydrogen (secondary N) is 1. The molecule has 0 saturated carbocycles. The lowest BCUT2D eigenvalue weighted by atomic mass is 10.3. The van der Waals surface area contributed by atoms with E-state index >= 15 is 0 Å². The fraction of sp³-hybridized carbons (Fsp3) is 0. The highest BCUT2D eigenvalue weighted by Crippen LogP contribution is 2.24. The van der Waals surface area contributed by atoms with Crippen molar-refractivity contribution < 1.29 is 8.78 Å². The number of hydrogen-bond acceptors (Lipinski definition) is 4. The Balaban J connectivity index is 2.38. The van der Waals surface area contributed by atoms with Crippen molar-refractivity contribution >= 4 is 34.7 Å². The van der Waals surface area contributed by atoms with Crippen LogP contribution in [0.2, 0.25) is 10.4 Å². The van der Waals surface area contributed by atoms with Crippen molar-refractivity contribution in [3.8, 4) is 0 Å². The standard InChI is InChI=1S/C9H4Cl2F2N4/c10-7-8(15-9(11)17-16-7)14-5-3-1-2-4(12)6(5)13/h1-3H,(H,14,15,17). The van der Waals surface area contributed by atoms with E-state index in [9.17, 15) is 8.78 Å². The molecular weight excluding hydrogens is 273 g/mol. The number of benzene rings is 1. The minimum atomic E-state index is -1.04. The zero-order chi connectivity index (χ0) is 12.4. The molecule has 88 valence electrons. The minimum Gasteiger partial charge on any atom is -0.335 e. The molecule has 1 heterocycles. The summed E-state index contributed by atoms with van der Waals surface area (Å²) >= 11 is 11.2. The highest BCUT2D eigenvalue weighted by atomic mass is 35.5. The summed E-state index contributed by atoms with van der Waals surface area (Å²) in [7, 11) is 0. The predicted molar refractivity (Wildman–Crippen MR) is 59.5 cm³/mol. The van der Waals surface area contributed by atoms with Crippen LogP contribution in [0.25, 0.3) is 0 Å². The normalized spacial score (nSPS) is 10.4. The van der Waals surface area contributed by atoms with E-state index in [1.165, 1.54) is 12.1 Å². The topological polar surface area (TPSA) is 50.7 Å². The second kappa shape index (κ2) is 4.77. The van der Waals surface area contributed by atoms with Crippen LogP contribution in [0, 0.1) is 11.6 Å². The van der Waals surface area contributed by atoms with Gasteiger partial charge in [-0.05, 0) is 23.7 Å². The summed E-state index contributed by atoms with van der Waals surface area (Å²) in [6.45, 7) is 0. The summed E-state index contributed by atoms with van der Waals surface area (Å²) in [5, 5.41) is 9.07. The van der Waals surface area contributed by atoms with Crippen molar-refractivity contribution in [2.75, 3.05) is 5.32 Å². The van der Waals surface area contributed by atoms with Gasteiger partial charge in [0.2, 0.25) is 5.28 Å². The zero-order valence-corrected chi connectivity index (χ0v) is 9.60. The molecule has 0 aliphatic heterocycles. The van der Waals surface area contributed by atoms with E-state index in [1.54, 1.807) is 0 Å². The fourth-order valence-corrected chi connectivity index (χ4v) is 1.35. The third kappa shape index (κ3) is 2.59. The average Bonchev–Trinajstić information content (AvgIpc) is 2.30. The second-order valence-electron chi connectivity index (χ2n) is 2.95. The Morgan fingerprint density at radius 3 is 2.65 bits per heavy atom. The minimum absolute atomic E-state index is 0.00355. The first-order valence-corrected chi connectivity index (χ1v) is 5.10. The molecule has 0 bridgehead atoms. The van der Waals surface area contributed by atoms with Gasteiger partial charge in [0, 0.05) is 0 Å². The van der Waals surface area contributed by atoms with Crippen LogP contribution in [0.3, 0.4) is 0 Å². The first-order chi connectivity index (χ1) is 8.08. The van der Waals surface area contributed by atoms with Crippen LogP contribution < -0.4 is 5.32 Å². The van der Waals surface area contributed by atoms with Gasteiger partial charge in [-0.25, -0.2) is 8.78 Å². The van der Waals surface area contributed by atoms with Gasteiger partial charge in [-0.15, -0.1) is 10.2 Å². The molecule has 4 nitrogen and oxygen atoms in total. The van der Waals surface area contributed by atoms with E-state index in [4.69, 9.17) is 23.2 Å². The molecule has 0 spiro atoms. The summed E-state index contributed by atoms with van der Waals surface area (Å²) in [5.41, 5.74) is -0.122. The van der Waals surface area contributed by atoms with Crippen molar-refractivity contribution in [3.05, 3.63) is 40.3 Å². The summed E-state index contributed by atoms with van der Waals surface area (Å²) in [5.74, 6) is -2.03. The second-order valence-corrected chi connectivity index (χ2v) is 3.64. The van der Waals surface area contributed by atoms with Gasteiger partial charge in [-0.3, -0.25) is 0 Å². The number of nitrogens with zero attached hydrogens (tertiary/aromatic N) is 3. The maximum atomic E-state index is 13.3. The lowest BCUT2D eigenvalue weighted by molar-refractivity contribution is 0.511. The van der Waals surface area contributed by atoms with Crippen molar-refractivity contribution in [2.24, 2.45) is 0 Å². The first kappa shape index (κ1) is 11.9. The fourth-order valence-electron chi connectivity index (χ4n) is 1.10. The van der Waals surface area contributed by atoms with Crippen molar-refractivity contribution in [3.63, 3.8) is 0 Å². The highest BCUT2D eigenvalue weighted by molar-refractivity contribution is 6.32. The highest BCUT2D eigenvalue weighted by Gasteiger charge is 2.11. The zero-order valence-electron chi connectivity index (χ0n) is 8.09. The summed E-state index contributed by atoms with van der Waals surface area (Å²) < 4.78 is 26.3. The Kier molecular flexibility index (Phi) is 3.35. The average molecular weight is 277 g/mol. The Morgan fingerprint density at radius 2 is 1.88 bits per heavy atom. The molecule has 2 rings (SSSR count). The maximum Gasteiger partial charge on any atom is 0.245 e. The molecule has 17 heavy (non-hydrogen) atoms. The molecule has 0 unspecified atom stereocenters. The van der Waals surface area contributed by atoms with Crippen molar-refractivity contribution in [1.82, 2.24) is 15.2 Å². The molecule has 0 saturated heterocycles. The van der Waals surface area contributed by atoms with E-state index in [-0.39, 0.29) is 21.9 Å². The van der Waals surface area contributed by atoms with E-state index in [0.717, 1.165) is 6.07 Å². The molecule has 1 aromatic carbocycles. The molecule has 0 amide bonds. The van der Waals surface area contributed by atoms with E-state index in [1.807, 2.05) is 0 Å². The molecular formula is C9H4Cl2F2N4. The molecule has 0 aliphatic carbocycles. The molecule has 2 aromatic rings. The van der Waals surface area contributed by atoms with Crippen LogP contribution in [-0.4, -0.2) is 15.2 Å². The Bertz CT molecular complexity index is 565. The van der Waals surface area contributed by atoms with Crippen molar-refractivity contribution in [2.45, 2.75) is 0 Å². The summed E-state index contributed by atoms with van der Waals surface area (Å²) in [6.07, 6.45) is 0. The van der Waals surface area contributed by atoms with E-state index < -0.39 is 11.6 Å². The third-order valence-electron chi connectivity index (χ3n) is 1.82. The van der Waals surface area contributed by atoms with Gasteiger partial charge in [0.05, 0.1) is 5.69 Å². The van der Waals surface area contributed by atoms with Crippen LogP contribution in [0.5, 0.6) is 0 Å². The van der Waals surface area contributed by atoms with Crippen LogP contribution in [0.4, 0.5) is 20.3 Å². The van der Waals surface area contributed by atoms with Crippen molar-refractivity contribution in [1.29, 1.82) is 0 Å². The number of halogens is 4. The SMILES string of the molecule is Fc1cccc(Nc2nc(Cl)nnc2Cl)c1F. The third-order valence-corrected chi connectivity index (χ3v) is 2.24. The van der Waals surface area contributed by atoms with Gasteiger partial charge in [0.1, 0.15) is 0 Å². The molecule has 0 fully saturated rings. The van der Waals surface area contributed by atoms with Crippen LogP contribution in [0.1, 0.15) is 0 Å². The molecule has 8 heteroatoms. The van der Waals surface area contributed by atoms with E-state index in [0.29, 0.717) is 0 Å². The van der Waals surface area contributed by atoms with Crippen LogP contribution in [0.15, 0.2) is 18.2 Å².